The summed E-state index contributed by atoms with van der Waals surface area (Å²) in [4.78, 5) is 0. The van der Waals surface area contributed by atoms with Crippen LogP contribution in [0.15, 0.2) is 24.3 Å². The van der Waals surface area contributed by atoms with Crippen LogP contribution in [0.4, 0.5) is 0 Å². The Morgan fingerprint density at radius 2 is 2.12 bits per heavy atom. The van der Waals surface area contributed by atoms with Crippen molar-refractivity contribution in [3.05, 3.63) is 31.2 Å². The molecule has 1 fully saturated rings. The van der Waals surface area contributed by atoms with E-state index in [-0.39, 0.29) is 5.60 Å². The Bertz CT molecular complexity index is 346. The van der Waals surface area contributed by atoms with Crippen LogP contribution in [-0.4, -0.2) is 25.8 Å². The summed E-state index contributed by atoms with van der Waals surface area (Å²) in [6, 6.07) is 7.75. The molecule has 1 saturated heterocycles. The van der Waals surface area contributed by atoms with Crippen LogP contribution < -0.4 is 14.8 Å². The first-order valence-electron chi connectivity index (χ1n) is 5.62. The topological polar surface area (TPSA) is 30.5 Å². The number of ether oxygens (including phenoxy) is 2. The lowest BCUT2D eigenvalue weighted by Gasteiger charge is -2.28. The molecule has 0 aromatic heterocycles. The third-order valence-electron chi connectivity index (χ3n) is 3.06. The molecule has 87 valence electrons. The van der Waals surface area contributed by atoms with Gasteiger partial charge in [-0.1, -0.05) is 12.1 Å². The van der Waals surface area contributed by atoms with E-state index in [9.17, 15) is 0 Å². The van der Waals surface area contributed by atoms with E-state index in [4.69, 9.17) is 9.47 Å². The predicted octanol–water partition coefficient (Wildman–Crippen LogP) is 2.03. The Balaban J connectivity index is 2.18. The maximum absolute atomic E-state index is 6.08. The fraction of sp³-hybridized carbons (Fsp3) is 0.462. The molecule has 16 heavy (non-hydrogen) atoms. The van der Waals surface area contributed by atoms with Gasteiger partial charge in [-0.2, -0.15) is 0 Å². The summed E-state index contributed by atoms with van der Waals surface area (Å²) in [7, 11) is 1.66. The molecule has 0 spiro atoms. The van der Waals surface area contributed by atoms with E-state index in [1.165, 1.54) is 0 Å². The normalized spacial score (nSPS) is 24.4. The number of methoxy groups -OCH3 is 1. The van der Waals surface area contributed by atoms with Crippen molar-refractivity contribution in [3.63, 3.8) is 0 Å². The van der Waals surface area contributed by atoms with Crippen molar-refractivity contribution in [2.75, 3.05) is 20.2 Å². The molecule has 1 N–H and O–H groups in total. The SMILES string of the molecule is [CH2]CC1(Oc2ccccc2OC)CCNC1. The van der Waals surface area contributed by atoms with Gasteiger partial charge in [0.05, 0.1) is 7.11 Å². The summed E-state index contributed by atoms with van der Waals surface area (Å²) >= 11 is 0. The van der Waals surface area contributed by atoms with E-state index < -0.39 is 0 Å². The Hall–Kier alpha value is -1.22. The van der Waals surface area contributed by atoms with Crippen molar-refractivity contribution >= 4 is 0 Å². The Kier molecular flexibility index (Phi) is 3.34. The molecule has 1 aromatic carbocycles. The van der Waals surface area contributed by atoms with Gasteiger partial charge in [-0.05, 0) is 32.0 Å². The molecule has 3 heteroatoms. The highest BCUT2D eigenvalue weighted by Gasteiger charge is 2.34. The van der Waals surface area contributed by atoms with E-state index in [1.54, 1.807) is 7.11 Å². The molecule has 0 saturated carbocycles. The minimum atomic E-state index is -0.172. The van der Waals surface area contributed by atoms with Gasteiger partial charge in [0.2, 0.25) is 0 Å². The Morgan fingerprint density at radius 3 is 2.69 bits per heavy atom. The van der Waals surface area contributed by atoms with E-state index in [2.05, 4.69) is 12.2 Å². The van der Waals surface area contributed by atoms with Gasteiger partial charge in [0.15, 0.2) is 11.5 Å². The average Bonchev–Trinajstić information content (AvgIpc) is 2.79. The monoisotopic (exact) mass is 220 g/mol. The first kappa shape index (κ1) is 11.3. The van der Waals surface area contributed by atoms with Crippen LogP contribution in [0.3, 0.4) is 0 Å². The highest BCUT2D eigenvalue weighted by Crippen LogP contribution is 2.33. The molecule has 3 nitrogen and oxygen atoms in total. The van der Waals surface area contributed by atoms with Crippen molar-refractivity contribution in [2.24, 2.45) is 0 Å². The lowest BCUT2D eigenvalue weighted by molar-refractivity contribution is 0.0885. The third-order valence-corrected chi connectivity index (χ3v) is 3.06. The maximum atomic E-state index is 6.08. The van der Waals surface area contributed by atoms with Gasteiger partial charge in [0.1, 0.15) is 5.60 Å². The molecule has 1 atom stereocenters. The minimum Gasteiger partial charge on any atom is -0.493 e. The number of para-hydroxylation sites is 2. The second-order valence-electron chi connectivity index (χ2n) is 4.11. The van der Waals surface area contributed by atoms with Crippen molar-refractivity contribution in [3.8, 4) is 11.5 Å². The zero-order chi connectivity index (χ0) is 11.4. The van der Waals surface area contributed by atoms with Gasteiger partial charge in [-0.15, -0.1) is 0 Å². The van der Waals surface area contributed by atoms with Crippen LogP contribution in [0.1, 0.15) is 12.8 Å². The molecule has 0 aliphatic carbocycles. The lowest BCUT2D eigenvalue weighted by Crippen LogP contribution is -2.37. The highest BCUT2D eigenvalue weighted by atomic mass is 16.5. The molecule has 1 aliphatic rings. The summed E-state index contributed by atoms with van der Waals surface area (Å²) in [5.41, 5.74) is -0.172. The van der Waals surface area contributed by atoms with Gasteiger partial charge >= 0.3 is 0 Å². The van der Waals surface area contributed by atoms with Crippen LogP contribution in [0.2, 0.25) is 0 Å². The smallest absolute Gasteiger partial charge is 0.162 e. The fourth-order valence-electron chi connectivity index (χ4n) is 2.01. The van der Waals surface area contributed by atoms with Crippen LogP contribution >= 0.6 is 0 Å². The number of hydrogen-bond acceptors (Lipinski definition) is 3. The van der Waals surface area contributed by atoms with Crippen LogP contribution in [0.5, 0.6) is 11.5 Å². The van der Waals surface area contributed by atoms with E-state index in [0.29, 0.717) is 0 Å². The number of hydrogen-bond donors (Lipinski definition) is 1. The quantitative estimate of drug-likeness (QED) is 0.842. The first-order valence-corrected chi connectivity index (χ1v) is 5.62. The summed E-state index contributed by atoms with van der Waals surface area (Å²) < 4.78 is 11.4. The molecule has 1 radical (unpaired) electrons. The minimum absolute atomic E-state index is 0.172. The number of nitrogens with one attached hydrogen (secondary N) is 1. The molecule has 2 rings (SSSR count). The fourth-order valence-corrected chi connectivity index (χ4v) is 2.01. The van der Waals surface area contributed by atoms with Crippen LogP contribution in [0, 0.1) is 6.92 Å². The zero-order valence-electron chi connectivity index (χ0n) is 9.66. The molecular weight excluding hydrogens is 202 g/mol. The lowest BCUT2D eigenvalue weighted by atomic mass is 9.99. The average molecular weight is 220 g/mol. The number of rotatable bonds is 4. The maximum Gasteiger partial charge on any atom is 0.162 e. The van der Waals surface area contributed by atoms with E-state index in [1.807, 2.05) is 24.3 Å². The van der Waals surface area contributed by atoms with Gasteiger partial charge in [0, 0.05) is 13.0 Å². The van der Waals surface area contributed by atoms with Crippen molar-refractivity contribution in [1.29, 1.82) is 0 Å². The predicted molar refractivity (Wildman–Crippen MR) is 63.8 cm³/mol. The second-order valence-corrected chi connectivity index (χ2v) is 4.11. The van der Waals surface area contributed by atoms with E-state index >= 15 is 0 Å². The van der Waals surface area contributed by atoms with Crippen molar-refractivity contribution in [2.45, 2.75) is 18.4 Å². The summed E-state index contributed by atoms with van der Waals surface area (Å²) in [5.74, 6) is 1.58. The standard InChI is InChI=1S/C13H18NO2/c1-3-13(8-9-14-10-13)16-12-7-5-4-6-11(12)15-2/h4-7,14H,1,3,8-10H2,2H3. The van der Waals surface area contributed by atoms with Gasteiger partial charge in [0.25, 0.3) is 0 Å². The number of benzene rings is 1. The van der Waals surface area contributed by atoms with Crippen molar-refractivity contribution < 1.29 is 9.47 Å². The second kappa shape index (κ2) is 4.74. The zero-order valence-corrected chi connectivity index (χ0v) is 9.66. The summed E-state index contributed by atoms with van der Waals surface area (Å²) in [6.45, 7) is 5.83. The molecule has 1 unspecified atom stereocenters. The highest BCUT2D eigenvalue weighted by molar-refractivity contribution is 5.40. The molecule has 1 aromatic rings. The largest absolute Gasteiger partial charge is 0.493 e. The Labute approximate surface area is 96.8 Å². The van der Waals surface area contributed by atoms with Crippen molar-refractivity contribution in [1.82, 2.24) is 5.32 Å². The summed E-state index contributed by atoms with van der Waals surface area (Å²) in [5, 5.41) is 3.32. The molecule has 1 aliphatic heterocycles. The molecule has 0 bridgehead atoms. The van der Waals surface area contributed by atoms with Crippen LogP contribution in [0.25, 0.3) is 0 Å². The molecule has 0 amide bonds. The van der Waals surface area contributed by atoms with Gasteiger partial charge in [-0.25, -0.2) is 0 Å². The molecule has 1 heterocycles. The van der Waals surface area contributed by atoms with Gasteiger partial charge < -0.3 is 14.8 Å². The van der Waals surface area contributed by atoms with Crippen LogP contribution in [-0.2, 0) is 0 Å². The Morgan fingerprint density at radius 1 is 1.38 bits per heavy atom. The molecular formula is C13H18NO2. The van der Waals surface area contributed by atoms with Gasteiger partial charge in [-0.3, -0.25) is 0 Å². The third kappa shape index (κ3) is 2.14. The summed E-state index contributed by atoms with van der Waals surface area (Å²) in [6.07, 6.45) is 1.76. The first-order chi connectivity index (χ1) is 7.79. The van der Waals surface area contributed by atoms with E-state index in [0.717, 1.165) is 37.4 Å².